The van der Waals surface area contributed by atoms with Gasteiger partial charge in [0, 0.05) is 11.4 Å². The Labute approximate surface area is 86.8 Å². The van der Waals surface area contributed by atoms with E-state index >= 15 is 0 Å². The van der Waals surface area contributed by atoms with Gasteiger partial charge in [-0.05, 0) is 18.4 Å². The summed E-state index contributed by atoms with van der Waals surface area (Å²) in [7, 11) is 0. The molecule has 0 aliphatic heterocycles. The number of rotatable bonds is 4. The smallest absolute Gasteiger partial charge is 0.208 e. The number of aryl methyl sites for hydroxylation is 1. The molecule has 0 unspecified atom stereocenters. The van der Waals surface area contributed by atoms with Crippen LogP contribution >= 0.6 is 11.3 Å². The molecule has 2 aromatic rings. The summed E-state index contributed by atoms with van der Waals surface area (Å²) in [6, 6.07) is 4.16. The molecule has 2 heterocycles. The molecule has 0 aliphatic carbocycles. The second-order valence-corrected chi connectivity index (χ2v) is 4.08. The second-order valence-electron chi connectivity index (χ2n) is 3.05. The van der Waals surface area contributed by atoms with Crippen LogP contribution in [0, 0.1) is 6.92 Å². The van der Waals surface area contributed by atoms with Gasteiger partial charge in [0.1, 0.15) is 5.76 Å². The molecule has 4 heteroatoms. The minimum absolute atomic E-state index is 0.686. The van der Waals surface area contributed by atoms with Gasteiger partial charge in [0.25, 0.3) is 0 Å². The molecule has 74 valence electrons. The van der Waals surface area contributed by atoms with Crippen molar-refractivity contribution >= 4 is 11.3 Å². The summed E-state index contributed by atoms with van der Waals surface area (Å²) in [6.07, 6.45) is 1.74. The van der Waals surface area contributed by atoms with E-state index in [1.54, 1.807) is 17.5 Å². The van der Waals surface area contributed by atoms with E-state index in [0.717, 1.165) is 18.2 Å². The van der Waals surface area contributed by atoms with Crippen LogP contribution in [0.4, 0.5) is 0 Å². The van der Waals surface area contributed by atoms with Crippen LogP contribution in [0.1, 0.15) is 16.5 Å². The number of hydrogen-bond acceptors (Lipinski definition) is 4. The Morgan fingerprint density at radius 3 is 3.07 bits per heavy atom. The number of hydrogen-bond donors (Lipinski definition) is 1. The molecule has 1 N–H and O–H groups in total. The van der Waals surface area contributed by atoms with Crippen molar-refractivity contribution in [3.8, 4) is 0 Å². The summed E-state index contributed by atoms with van der Waals surface area (Å²) in [4.78, 5) is 5.44. The molecule has 3 nitrogen and oxygen atoms in total. The zero-order valence-electron chi connectivity index (χ0n) is 7.99. The molecule has 0 radical (unpaired) electrons. The molecule has 0 fully saturated rings. The number of oxazole rings is 1. The van der Waals surface area contributed by atoms with Crippen LogP contribution < -0.4 is 5.32 Å². The Morgan fingerprint density at radius 1 is 1.50 bits per heavy atom. The SMILES string of the molecule is Cc1cnc(CNCc2cccs2)o1. The van der Waals surface area contributed by atoms with Gasteiger partial charge in [0.05, 0.1) is 12.7 Å². The second kappa shape index (κ2) is 4.39. The van der Waals surface area contributed by atoms with Crippen molar-refractivity contribution < 1.29 is 4.42 Å². The standard InChI is InChI=1S/C10H12N2OS/c1-8-5-12-10(13-8)7-11-6-9-3-2-4-14-9/h2-5,11H,6-7H2,1H3. The van der Waals surface area contributed by atoms with E-state index in [2.05, 4.69) is 27.8 Å². The molecular weight excluding hydrogens is 196 g/mol. The topological polar surface area (TPSA) is 38.1 Å². The third kappa shape index (κ3) is 2.43. The van der Waals surface area contributed by atoms with Crippen LogP contribution in [0.3, 0.4) is 0 Å². The van der Waals surface area contributed by atoms with Crippen LogP contribution in [0.15, 0.2) is 28.1 Å². The molecule has 0 spiro atoms. The molecule has 0 saturated heterocycles. The third-order valence-electron chi connectivity index (χ3n) is 1.82. The fraction of sp³-hybridized carbons (Fsp3) is 0.300. The van der Waals surface area contributed by atoms with Crippen molar-refractivity contribution in [3.05, 3.63) is 40.2 Å². The summed E-state index contributed by atoms with van der Waals surface area (Å²) in [5, 5.41) is 5.35. The summed E-state index contributed by atoms with van der Waals surface area (Å²) in [6.45, 7) is 3.46. The third-order valence-corrected chi connectivity index (χ3v) is 2.70. The van der Waals surface area contributed by atoms with Crippen molar-refractivity contribution in [2.75, 3.05) is 0 Å². The van der Waals surface area contributed by atoms with Crippen LogP contribution in [0.2, 0.25) is 0 Å². The average molecular weight is 208 g/mol. The minimum Gasteiger partial charge on any atom is -0.445 e. The maximum Gasteiger partial charge on any atom is 0.208 e. The van der Waals surface area contributed by atoms with Crippen molar-refractivity contribution in [2.45, 2.75) is 20.0 Å². The van der Waals surface area contributed by atoms with Gasteiger partial charge in [-0.3, -0.25) is 0 Å². The van der Waals surface area contributed by atoms with E-state index < -0.39 is 0 Å². The predicted octanol–water partition coefficient (Wildman–Crippen LogP) is 2.33. The predicted molar refractivity (Wildman–Crippen MR) is 56.1 cm³/mol. The van der Waals surface area contributed by atoms with Crippen LogP contribution in [-0.2, 0) is 13.1 Å². The average Bonchev–Trinajstić information content (AvgIpc) is 2.77. The van der Waals surface area contributed by atoms with Gasteiger partial charge in [-0.25, -0.2) is 4.98 Å². The lowest BCUT2D eigenvalue weighted by Crippen LogP contribution is -2.11. The first-order chi connectivity index (χ1) is 6.84. The van der Waals surface area contributed by atoms with E-state index in [-0.39, 0.29) is 0 Å². The highest BCUT2D eigenvalue weighted by molar-refractivity contribution is 7.09. The molecular formula is C10H12N2OS. The highest BCUT2D eigenvalue weighted by Crippen LogP contribution is 2.08. The maximum absolute atomic E-state index is 5.33. The monoisotopic (exact) mass is 208 g/mol. The summed E-state index contributed by atoms with van der Waals surface area (Å²) < 4.78 is 5.33. The first-order valence-electron chi connectivity index (χ1n) is 4.49. The van der Waals surface area contributed by atoms with Gasteiger partial charge in [-0.1, -0.05) is 6.07 Å². The normalized spacial score (nSPS) is 10.6. The number of nitrogens with zero attached hydrogens (tertiary/aromatic N) is 1. The van der Waals surface area contributed by atoms with E-state index in [1.807, 2.05) is 6.92 Å². The van der Waals surface area contributed by atoms with Crippen LogP contribution in [0.5, 0.6) is 0 Å². The molecule has 0 atom stereocenters. The summed E-state index contributed by atoms with van der Waals surface area (Å²) in [5.41, 5.74) is 0. The molecule has 0 bridgehead atoms. The van der Waals surface area contributed by atoms with Crippen LogP contribution in [-0.4, -0.2) is 4.98 Å². The van der Waals surface area contributed by atoms with E-state index in [4.69, 9.17) is 4.42 Å². The van der Waals surface area contributed by atoms with Gasteiger partial charge in [-0.2, -0.15) is 0 Å². The summed E-state index contributed by atoms with van der Waals surface area (Å²) >= 11 is 1.75. The summed E-state index contributed by atoms with van der Waals surface area (Å²) in [5.74, 6) is 1.61. The molecule has 2 rings (SSSR count). The van der Waals surface area contributed by atoms with E-state index in [9.17, 15) is 0 Å². The highest BCUT2D eigenvalue weighted by Gasteiger charge is 1.99. The van der Waals surface area contributed by atoms with Crippen molar-refractivity contribution in [2.24, 2.45) is 0 Å². The Morgan fingerprint density at radius 2 is 2.43 bits per heavy atom. The highest BCUT2D eigenvalue weighted by atomic mass is 32.1. The molecule has 14 heavy (non-hydrogen) atoms. The molecule has 0 aromatic carbocycles. The molecule has 0 aliphatic rings. The zero-order valence-corrected chi connectivity index (χ0v) is 8.80. The first-order valence-corrected chi connectivity index (χ1v) is 5.37. The number of nitrogens with one attached hydrogen (secondary N) is 1. The molecule has 0 amide bonds. The number of thiophene rings is 1. The van der Waals surface area contributed by atoms with Crippen molar-refractivity contribution in [1.82, 2.24) is 10.3 Å². The fourth-order valence-electron chi connectivity index (χ4n) is 1.19. The quantitative estimate of drug-likeness (QED) is 0.838. The van der Waals surface area contributed by atoms with Crippen molar-refractivity contribution in [1.29, 1.82) is 0 Å². The molecule has 2 aromatic heterocycles. The largest absolute Gasteiger partial charge is 0.445 e. The fourth-order valence-corrected chi connectivity index (χ4v) is 1.86. The lowest BCUT2D eigenvalue weighted by atomic mass is 10.4. The zero-order chi connectivity index (χ0) is 9.80. The van der Waals surface area contributed by atoms with Gasteiger partial charge in [0.15, 0.2) is 0 Å². The van der Waals surface area contributed by atoms with E-state index in [1.165, 1.54) is 4.88 Å². The maximum atomic E-state index is 5.33. The van der Waals surface area contributed by atoms with Gasteiger partial charge in [-0.15, -0.1) is 11.3 Å². The number of aromatic nitrogens is 1. The van der Waals surface area contributed by atoms with E-state index in [0.29, 0.717) is 6.54 Å². The molecule has 0 saturated carbocycles. The Bertz CT molecular complexity index is 380. The minimum atomic E-state index is 0.686. The lowest BCUT2D eigenvalue weighted by Gasteiger charge is -1.98. The van der Waals surface area contributed by atoms with Crippen LogP contribution in [0.25, 0.3) is 0 Å². The Hall–Kier alpha value is -1.13. The van der Waals surface area contributed by atoms with Gasteiger partial charge in [0.2, 0.25) is 5.89 Å². The lowest BCUT2D eigenvalue weighted by molar-refractivity contribution is 0.449. The van der Waals surface area contributed by atoms with Crippen molar-refractivity contribution in [3.63, 3.8) is 0 Å². The Balaban J connectivity index is 1.78. The first kappa shape index (κ1) is 9.43. The Kier molecular flexibility index (Phi) is 2.96. The van der Waals surface area contributed by atoms with Gasteiger partial charge < -0.3 is 9.73 Å². The van der Waals surface area contributed by atoms with Gasteiger partial charge >= 0.3 is 0 Å².